The van der Waals surface area contributed by atoms with E-state index in [9.17, 15) is 9.59 Å². The van der Waals surface area contributed by atoms with Crippen molar-refractivity contribution in [3.63, 3.8) is 0 Å². The molecule has 0 aliphatic carbocycles. The number of carbonyl (C=O) groups is 1. The van der Waals surface area contributed by atoms with E-state index < -0.39 is 0 Å². The number of rotatable bonds is 6. The van der Waals surface area contributed by atoms with E-state index in [1.54, 1.807) is 24.8 Å². The van der Waals surface area contributed by atoms with Gasteiger partial charge in [0.2, 0.25) is 0 Å². The quantitative estimate of drug-likeness (QED) is 0.408. The number of pyridine rings is 2. The molecule has 0 bridgehead atoms. The molecule has 1 aliphatic rings. The molecule has 9 heteroatoms. The van der Waals surface area contributed by atoms with E-state index in [-0.39, 0.29) is 17.5 Å². The van der Waals surface area contributed by atoms with E-state index >= 15 is 0 Å². The molecule has 1 N–H and O–H groups in total. The van der Waals surface area contributed by atoms with Gasteiger partial charge in [0.15, 0.2) is 0 Å². The van der Waals surface area contributed by atoms with Crippen molar-refractivity contribution in [1.82, 2.24) is 29.4 Å². The van der Waals surface area contributed by atoms with Crippen LogP contribution in [0.3, 0.4) is 0 Å². The average molecular weight is 498 g/mol. The summed E-state index contributed by atoms with van der Waals surface area (Å²) in [6.07, 6.45) is 8.30. The summed E-state index contributed by atoms with van der Waals surface area (Å²) in [5, 5.41) is 0.662. The number of carbonyl (C=O) groups excluding carboxylic acids is 1. The van der Waals surface area contributed by atoms with Crippen molar-refractivity contribution in [3.05, 3.63) is 82.8 Å². The van der Waals surface area contributed by atoms with E-state index in [1.165, 1.54) is 4.57 Å². The van der Waals surface area contributed by atoms with Gasteiger partial charge in [-0.05, 0) is 44.4 Å². The summed E-state index contributed by atoms with van der Waals surface area (Å²) in [6.45, 7) is 9.54. The van der Waals surface area contributed by atoms with Crippen LogP contribution in [-0.2, 0) is 6.54 Å². The van der Waals surface area contributed by atoms with Crippen LogP contribution >= 0.6 is 0 Å². The maximum Gasteiger partial charge on any atom is 0.275 e. The molecule has 0 aromatic carbocycles. The lowest BCUT2D eigenvalue weighted by Gasteiger charge is -2.37. The lowest BCUT2D eigenvalue weighted by molar-refractivity contribution is 0.0710. The Morgan fingerprint density at radius 1 is 1.22 bits per heavy atom. The fraction of sp³-hybridized carbons (Fsp3) is 0.321. The third-order valence-corrected chi connectivity index (χ3v) is 7.12. The van der Waals surface area contributed by atoms with Crippen LogP contribution in [0.1, 0.15) is 34.5 Å². The lowest BCUT2D eigenvalue weighted by Crippen LogP contribution is -2.46. The van der Waals surface area contributed by atoms with Crippen molar-refractivity contribution >= 4 is 22.6 Å². The van der Waals surface area contributed by atoms with E-state index in [4.69, 9.17) is 0 Å². The smallest absolute Gasteiger partial charge is 0.275 e. The number of hydrogen-bond acceptors (Lipinski definition) is 6. The number of hydrogen-bond donors (Lipinski definition) is 1. The summed E-state index contributed by atoms with van der Waals surface area (Å²) < 4.78 is 1.53. The summed E-state index contributed by atoms with van der Waals surface area (Å²) in [5.74, 6) is 0.777. The van der Waals surface area contributed by atoms with Gasteiger partial charge < -0.3 is 19.4 Å². The highest BCUT2D eigenvalue weighted by Crippen LogP contribution is 2.26. The molecular weight excluding hydrogens is 466 g/mol. The molecular formula is C28H31N7O2. The molecule has 0 radical (unpaired) electrons. The van der Waals surface area contributed by atoms with Gasteiger partial charge in [-0.25, -0.2) is 9.97 Å². The highest BCUT2D eigenvalue weighted by molar-refractivity contribution is 6.06. The Morgan fingerprint density at radius 2 is 2.00 bits per heavy atom. The first-order valence-corrected chi connectivity index (χ1v) is 12.5. The Kier molecular flexibility index (Phi) is 6.60. The molecule has 1 fully saturated rings. The Bertz CT molecular complexity index is 1530. The van der Waals surface area contributed by atoms with Crippen LogP contribution in [0, 0.1) is 13.8 Å². The van der Waals surface area contributed by atoms with Crippen LogP contribution in [0.25, 0.3) is 22.3 Å². The fourth-order valence-electron chi connectivity index (χ4n) is 5.08. The molecule has 5 rings (SSSR count). The Morgan fingerprint density at radius 3 is 2.73 bits per heavy atom. The second-order valence-corrected chi connectivity index (χ2v) is 9.59. The highest BCUT2D eigenvalue weighted by Gasteiger charge is 2.28. The molecule has 37 heavy (non-hydrogen) atoms. The van der Waals surface area contributed by atoms with Crippen LogP contribution in [0.5, 0.6) is 0 Å². The second-order valence-electron chi connectivity index (χ2n) is 9.59. The third kappa shape index (κ3) is 4.64. The Hall–Kier alpha value is -4.27. The van der Waals surface area contributed by atoms with E-state index in [2.05, 4.69) is 31.4 Å². The molecule has 1 amide bonds. The minimum Gasteiger partial charge on any atom is -0.356 e. The topological polar surface area (TPSA) is 100 Å². The van der Waals surface area contributed by atoms with Crippen LogP contribution in [-0.4, -0.2) is 61.5 Å². The highest BCUT2D eigenvalue weighted by atomic mass is 16.2. The number of nitrogens with zero attached hydrogens (tertiary/aromatic N) is 6. The van der Waals surface area contributed by atoms with E-state index in [1.807, 2.05) is 50.1 Å². The molecule has 190 valence electrons. The van der Waals surface area contributed by atoms with Gasteiger partial charge in [0.25, 0.3) is 11.5 Å². The van der Waals surface area contributed by atoms with Gasteiger partial charge in [-0.1, -0.05) is 12.1 Å². The normalized spacial score (nSPS) is 14.2. The predicted molar refractivity (Wildman–Crippen MR) is 145 cm³/mol. The van der Waals surface area contributed by atoms with Crippen molar-refractivity contribution in [2.75, 3.05) is 25.0 Å². The monoisotopic (exact) mass is 497 g/mol. The van der Waals surface area contributed by atoms with Crippen LogP contribution in [0.4, 0.5) is 5.82 Å². The van der Waals surface area contributed by atoms with Crippen molar-refractivity contribution in [3.8, 4) is 11.4 Å². The van der Waals surface area contributed by atoms with E-state index in [0.717, 1.165) is 54.4 Å². The SMILES string of the molecule is C=CCn1cc(C(=O)N(C)C2CCN(c3cc(-c4ncccc4C)ncn3)CC2)c2cc(C)[nH]c2c1=O. The van der Waals surface area contributed by atoms with Crippen LogP contribution < -0.4 is 10.5 Å². The first kappa shape index (κ1) is 24.4. The molecule has 9 nitrogen and oxygen atoms in total. The molecule has 0 unspecified atom stereocenters. The summed E-state index contributed by atoms with van der Waals surface area (Å²) >= 11 is 0. The molecule has 1 aliphatic heterocycles. The standard InChI is InChI=1S/C28H31N7O2/c1-5-11-35-16-22(21-14-19(3)32-26(21)28(35)37)27(36)33(4)20-8-12-34(13-9-20)24-15-23(30-17-31-24)25-18(2)7-6-10-29-25/h5-7,10,14-17,20,32H,1,8-9,11-13H2,2-4H3. The molecule has 4 aromatic heterocycles. The van der Waals surface area contributed by atoms with Crippen LogP contribution in [0.2, 0.25) is 0 Å². The number of allylic oxidation sites excluding steroid dienone is 1. The number of aryl methyl sites for hydroxylation is 2. The number of piperidine rings is 1. The number of fused-ring (bicyclic) bond motifs is 1. The molecule has 0 spiro atoms. The van der Waals surface area contributed by atoms with Crippen molar-refractivity contribution in [1.29, 1.82) is 0 Å². The average Bonchev–Trinajstić information content (AvgIpc) is 3.32. The summed E-state index contributed by atoms with van der Waals surface area (Å²) in [7, 11) is 1.85. The zero-order valence-corrected chi connectivity index (χ0v) is 21.4. The molecule has 0 saturated carbocycles. The number of H-pyrrole nitrogens is 1. The van der Waals surface area contributed by atoms with Gasteiger partial charge in [-0.2, -0.15) is 0 Å². The van der Waals surface area contributed by atoms with Gasteiger partial charge in [-0.3, -0.25) is 14.6 Å². The van der Waals surface area contributed by atoms with Gasteiger partial charge in [0.05, 0.1) is 17.0 Å². The minimum absolute atomic E-state index is 0.0814. The number of aromatic nitrogens is 5. The van der Waals surface area contributed by atoms with Crippen molar-refractivity contribution in [2.45, 2.75) is 39.3 Å². The third-order valence-electron chi connectivity index (χ3n) is 7.12. The van der Waals surface area contributed by atoms with Gasteiger partial charge >= 0.3 is 0 Å². The molecule has 0 atom stereocenters. The maximum absolute atomic E-state index is 13.6. The zero-order valence-electron chi connectivity index (χ0n) is 21.4. The molecule has 5 heterocycles. The first-order chi connectivity index (χ1) is 17.9. The summed E-state index contributed by atoms with van der Waals surface area (Å²) in [4.78, 5) is 47.1. The van der Waals surface area contributed by atoms with Crippen molar-refractivity contribution in [2.24, 2.45) is 0 Å². The van der Waals surface area contributed by atoms with Gasteiger partial charge in [0.1, 0.15) is 17.7 Å². The first-order valence-electron chi connectivity index (χ1n) is 12.5. The predicted octanol–water partition coefficient (Wildman–Crippen LogP) is 3.73. The number of nitrogens with one attached hydrogen (secondary N) is 1. The number of aromatic amines is 1. The maximum atomic E-state index is 13.6. The fourth-order valence-corrected chi connectivity index (χ4v) is 5.08. The molecule has 1 saturated heterocycles. The summed E-state index contributed by atoms with van der Waals surface area (Å²) in [5.41, 5.74) is 4.40. The Labute approximate surface area is 215 Å². The van der Waals surface area contributed by atoms with Gasteiger partial charge in [0, 0.05) is 62.3 Å². The minimum atomic E-state index is -0.152. The largest absolute Gasteiger partial charge is 0.356 e. The van der Waals surface area contributed by atoms with E-state index in [0.29, 0.717) is 23.0 Å². The number of anilines is 1. The second kappa shape index (κ2) is 10.0. The summed E-state index contributed by atoms with van der Waals surface area (Å²) in [6, 6.07) is 7.87. The number of amides is 1. The van der Waals surface area contributed by atoms with Crippen molar-refractivity contribution < 1.29 is 4.79 Å². The Balaban J connectivity index is 1.33. The molecule has 4 aromatic rings. The van der Waals surface area contributed by atoms with Gasteiger partial charge in [-0.15, -0.1) is 6.58 Å². The van der Waals surface area contributed by atoms with Crippen LogP contribution in [0.15, 0.2) is 60.4 Å². The lowest BCUT2D eigenvalue weighted by atomic mass is 10.0. The zero-order chi connectivity index (χ0) is 26.1.